The number of nitrogens with zero attached hydrogens (tertiary/aromatic N) is 4. The molecular weight excluding hydrogens is 511 g/mol. The van der Waals surface area contributed by atoms with Crippen LogP contribution in [0.15, 0.2) is 66.7 Å². The summed E-state index contributed by atoms with van der Waals surface area (Å²) in [6.45, 7) is 5.02. The van der Waals surface area contributed by atoms with Crippen molar-refractivity contribution < 1.29 is 14.0 Å². The monoisotopic (exact) mass is 536 g/mol. The van der Waals surface area contributed by atoms with Crippen molar-refractivity contribution in [1.82, 2.24) is 4.90 Å². The van der Waals surface area contributed by atoms with Gasteiger partial charge < -0.3 is 4.90 Å². The minimum atomic E-state index is -1.17. The second-order valence-electron chi connectivity index (χ2n) is 9.54. The molecule has 2 saturated heterocycles. The average Bonchev–Trinajstić information content (AvgIpc) is 3.37. The number of rotatable bonds is 4. The molecule has 2 amide bonds. The molecule has 190 valence electrons. The van der Waals surface area contributed by atoms with Gasteiger partial charge in [-0.05, 0) is 42.8 Å². The van der Waals surface area contributed by atoms with Gasteiger partial charge in [-0.15, -0.1) is 11.8 Å². The second kappa shape index (κ2) is 9.35. The van der Waals surface area contributed by atoms with Crippen molar-refractivity contribution in [3.63, 3.8) is 0 Å². The van der Waals surface area contributed by atoms with Crippen molar-refractivity contribution in [3.8, 4) is 0 Å². The first-order valence-corrected chi connectivity index (χ1v) is 13.6. The predicted molar refractivity (Wildman–Crippen MR) is 147 cm³/mol. The van der Waals surface area contributed by atoms with Gasteiger partial charge in [0, 0.05) is 42.5 Å². The third kappa shape index (κ3) is 3.90. The first-order chi connectivity index (χ1) is 17.9. The van der Waals surface area contributed by atoms with E-state index in [1.165, 1.54) is 17.8 Å². The molecule has 3 aromatic carbocycles. The fourth-order valence-corrected chi connectivity index (χ4v) is 6.99. The van der Waals surface area contributed by atoms with E-state index >= 15 is 0 Å². The molecular formula is C28H26ClFN4O2S. The SMILES string of the molecule is Cc1ccc(N2C(=O)CSC23C(=O)N(CN2CCN(c4ccccc4F)CC2)c2ccccc23)cc1Cl. The molecule has 2 fully saturated rings. The van der Waals surface area contributed by atoms with Crippen molar-refractivity contribution in [1.29, 1.82) is 0 Å². The third-order valence-electron chi connectivity index (χ3n) is 7.38. The van der Waals surface area contributed by atoms with Gasteiger partial charge in [0.15, 0.2) is 0 Å². The Hall–Kier alpha value is -3.07. The molecule has 6 nitrogen and oxygen atoms in total. The van der Waals surface area contributed by atoms with E-state index in [9.17, 15) is 14.0 Å². The summed E-state index contributed by atoms with van der Waals surface area (Å²) in [5, 5.41) is 0.556. The van der Waals surface area contributed by atoms with Crippen LogP contribution in [0.1, 0.15) is 11.1 Å². The number of piperazine rings is 1. The molecule has 3 heterocycles. The fraction of sp³-hybridized carbons (Fsp3) is 0.286. The normalized spacial score (nSPS) is 21.9. The number of halogens is 2. The Kier molecular flexibility index (Phi) is 6.13. The molecule has 1 unspecified atom stereocenters. The van der Waals surface area contributed by atoms with Gasteiger partial charge in [-0.2, -0.15) is 0 Å². The Morgan fingerprint density at radius 3 is 2.38 bits per heavy atom. The number of hydrogen-bond acceptors (Lipinski definition) is 5. The number of fused-ring (bicyclic) bond motifs is 2. The number of para-hydroxylation sites is 2. The summed E-state index contributed by atoms with van der Waals surface area (Å²) in [7, 11) is 0. The molecule has 0 aromatic heterocycles. The van der Waals surface area contributed by atoms with Gasteiger partial charge in [-0.1, -0.05) is 48.0 Å². The van der Waals surface area contributed by atoms with E-state index in [0.717, 1.165) is 16.8 Å². The van der Waals surface area contributed by atoms with E-state index in [-0.39, 0.29) is 23.4 Å². The topological polar surface area (TPSA) is 47.1 Å². The van der Waals surface area contributed by atoms with Crippen LogP contribution >= 0.6 is 23.4 Å². The number of carbonyl (C=O) groups is 2. The molecule has 0 aliphatic carbocycles. The highest BCUT2D eigenvalue weighted by molar-refractivity contribution is 8.02. The standard InChI is InChI=1S/C28H26ClFN4O2S/c1-19-10-11-20(16-22(19)29)34-26(35)17-37-28(34)21-6-2-4-8-24(21)33(27(28)36)18-31-12-14-32(15-13-31)25-9-5-3-7-23(25)30/h2-11,16H,12-15,17-18H2,1H3. The van der Waals surface area contributed by atoms with E-state index in [2.05, 4.69) is 4.90 Å². The summed E-state index contributed by atoms with van der Waals surface area (Å²) in [5.41, 5.74) is 3.77. The zero-order chi connectivity index (χ0) is 25.7. The number of hydrogen-bond donors (Lipinski definition) is 0. The number of carbonyl (C=O) groups excluding carboxylic acids is 2. The van der Waals surface area contributed by atoms with E-state index in [0.29, 0.717) is 49.2 Å². The van der Waals surface area contributed by atoms with Crippen LogP contribution in [-0.4, -0.2) is 55.3 Å². The lowest BCUT2D eigenvalue weighted by Gasteiger charge is -2.38. The molecule has 3 aliphatic rings. The summed E-state index contributed by atoms with van der Waals surface area (Å²) < 4.78 is 14.3. The lowest BCUT2D eigenvalue weighted by molar-refractivity contribution is -0.124. The van der Waals surface area contributed by atoms with E-state index in [1.807, 2.05) is 54.3 Å². The van der Waals surface area contributed by atoms with Crippen LogP contribution in [-0.2, 0) is 14.5 Å². The van der Waals surface area contributed by atoms with Gasteiger partial charge in [0.05, 0.1) is 23.8 Å². The van der Waals surface area contributed by atoms with Crippen molar-refractivity contribution in [3.05, 3.63) is 88.7 Å². The summed E-state index contributed by atoms with van der Waals surface area (Å²) in [6, 6.07) is 20.0. The summed E-state index contributed by atoms with van der Waals surface area (Å²) in [6.07, 6.45) is 0. The van der Waals surface area contributed by atoms with Gasteiger partial charge >= 0.3 is 0 Å². The van der Waals surface area contributed by atoms with Crippen molar-refractivity contribution in [2.24, 2.45) is 0 Å². The number of amides is 2. The Balaban J connectivity index is 1.29. The average molecular weight is 537 g/mol. The Morgan fingerprint density at radius 1 is 0.946 bits per heavy atom. The molecule has 37 heavy (non-hydrogen) atoms. The van der Waals surface area contributed by atoms with Crippen LogP contribution in [0, 0.1) is 12.7 Å². The summed E-state index contributed by atoms with van der Waals surface area (Å²) in [5.74, 6) is -0.257. The van der Waals surface area contributed by atoms with Gasteiger partial charge in [0.2, 0.25) is 10.8 Å². The smallest absolute Gasteiger partial charge is 0.269 e. The van der Waals surface area contributed by atoms with Crippen molar-refractivity contribution in [2.45, 2.75) is 11.8 Å². The van der Waals surface area contributed by atoms with Crippen molar-refractivity contribution in [2.75, 3.05) is 53.3 Å². The molecule has 3 aliphatic heterocycles. The Labute approximate surface area is 224 Å². The first-order valence-electron chi connectivity index (χ1n) is 12.3. The lowest BCUT2D eigenvalue weighted by Crippen LogP contribution is -2.54. The number of thioether (sulfide) groups is 1. The maximum atomic E-state index is 14.3. The van der Waals surface area contributed by atoms with Gasteiger partial charge in [-0.25, -0.2) is 4.39 Å². The van der Waals surface area contributed by atoms with Crippen molar-refractivity contribution >= 4 is 52.2 Å². The predicted octanol–water partition coefficient (Wildman–Crippen LogP) is 4.85. The minimum absolute atomic E-state index is 0.117. The molecule has 0 saturated carbocycles. The maximum absolute atomic E-state index is 14.3. The molecule has 0 bridgehead atoms. The van der Waals surface area contributed by atoms with Crippen LogP contribution in [0.25, 0.3) is 0 Å². The quantitative estimate of drug-likeness (QED) is 0.477. The molecule has 3 aromatic rings. The summed E-state index contributed by atoms with van der Waals surface area (Å²) in [4.78, 5) is 34.0. The molecule has 6 rings (SSSR count). The summed E-state index contributed by atoms with van der Waals surface area (Å²) >= 11 is 7.78. The highest BCUT2D eigenvalue weighted by atomic mass is 35.5. The van der Waals surface area contributed by atoms with Gasteiger partial charge in [0.25, 0.3) is 5.91 Å². The highest BCUT2D eigenvalue weighted by Crippen LogP contribution is 2.55. The molecule has 0 radical (unpaired) electrons. The van der Waals surface area contributed by atoms with E-state index in [1.54, 1.807) is 28.0 Å². The highest BCUT2D eigenvalue weighted by Gasteiger charge is 2.61. The van der Waals surface area contributed by atoms with Crippen LogP contribution in [0.4, 0.5) is 21.5 Å². The van der Waals surface area contributed by atoms with Crippen LogP contribution in [0.5, 0.6) is 0 Å². The number of anilines is 3. The second-order valence-corrected chi connectivity index (χ2v) is 11.1. The van der Waals surface area contributed by atoms with Crippen LogP contribution in [0.3, 0.4) is 0 Å². The van der Waals surface area contributed by atoms with E-state index in [4.69, 9.17) is 11.6 Å². The van der Waals surface area contributed by atoms with E-state index < -0.39 is 4.87 Å². The first kappa shape index (κ1) is 24.3. The number of benzene rings is 3. The maximum Gasteiger partial charge on any atom is 0.269 e. The molecule has 1 atom stereocenters. The van der Waals surface area contributed by atoms with Crippen LogP contribution in [0.2, 0.25) is 5.02 Å². The minimum Gasteiger partial charge on any atom is -0.367 e. The zero-order valence-electron chi connectivity index (χ0n) is 20.4. The third-order valence-corrected chi connectivity index (χ3v) is 9.18. The van der Waals surface area contributed by atoms with Crippen LogP contribution < -0.4 is 14.7 Å². The molecule has 1 spiro atoms. The fourth-order valence-electron chi connectivity index (χ4n) is 5.46. The molecule has 0 N–H and O–H groups in total. The number of aryl methyl sites for hydroxylation is 1. The Morgan fingerprint density at radius 2 is 1.65 bits per heavy atom. The lowest BCUT2D eigenvalue weighted by atomic mass is 10.0. The largest absolute Gasteiger partial charge is 0.367 e. The van der Waals surface area contributed by atoms with Gasteiger partial charge in [-0.3, -0.25) is 24.3 Å². The Bertz CT molecular complexity index is 1400. The molecule has 9 heteroatoms. The zero-order valence-corrected chi connectivity index (χ0v) is 21.9. The van der Waals surface area contributed by atoms with Gasteiger partial charge in [0.1, 0.15) is 5.82 Å².